The normalized spacial score (nSPS) is 10.9. The highest BCUT2D eigenvalue weighted by Gasteiger charge is 2.15. The third-order valence-electron chi connectivity index (χ3n) is 5.58. The van der Waals surface area contributed by atoms with Gasteiger partial charge in [0, 0.05) is 11.1 Å². The van der Waals surface area contributed by atoms with Gasteiger partial charge in [-0.3, -0.25) is 4.79 Å². The van der Waals surface area contributed by atoms with Crippen LogP contribution in [0.4, 0.5) is 5.69 Å². The van der Waals surface area contributed by atoms with Gasteiger partial charge in [0.1, 0.15) is 17.0 Å². The number of amides is 1. The van der Waals surface area contributed by atoms with Gasteiger partial charge in [-0.2, -0.15) is 0 Å². The Morgan fingerprint density at radius 1 is 1.03 bits per heavy atom. The van der Waals surface area contributed by atoms with Crippen LogP contribution >= 0.6 is 0 Å². The lowest BCUT2D eigenvalue weighted by Gasteiger charge is -2.12. The summed E-state index contributed by atoms with van der Waals surface area (Å²) < 4.78 is 17.1. The van der Waals surface area contributed by atoms with Crippen molar-refractivity contribution in [3.05, 3.63) is 71.3 Å². The van der Waals surface area contributed by atoms with E-state index in [0.717, 1.165) is 46.4 Å². The molecular formula is C27H28N2O4. The molecule has 0 aliphatic heterocycles. The van der Waals surface area contributed by atoms with E-state index in [1.165, 1.54) is 0 Å². The first-order chi connectivity index (χ1) is 16.0. The number of aromatic nitrogens is 1. The number of aryl methyl sites for hydroxylation is 2. The molecule has 1 amide bonds. The number of fused-ring (bicyclic) bond motifs is 1. The number of hydrogen-bond acceptors (Lipinski definition) is 5. The molecule has 0 bridgehead atoms. The Bertz CT molecular complexity index is 1240. The maximum atomic E-state index is 12.9. The van der Waals surface area contributed by atoms with Gasteiger partial charge in [0.05, 0.1) is 19.4 Å². The van der Waals surface area contributed by atoms with Gasteiger partial charge in [-0.15, -0.1) is 0 Å². The predicted molar refractivity (Wildman–Crippen MR) is 130 cm³/mol. The first-order valence-electron chi connectivity index (χ1n) is 11.1. The number of nitrogens with one attached hydrogen (secondary N) is 1. The summed E-state index contributed by atoms with van der Waals surface area (Å²) in [5.74, 6) is 1.55. The van der Waals surface area contributed by atoms with Crippen LogP contribution in [-0.2, 0) is 0 Å². The van der Waals surface area contributed by atoms with Gasteiger partial charge in [-0.05, 0) is 86.0 Å². The Hall–Kier alpha value is -3.80. The van der Waals surface area contributed by atoms with E-state index in [9.17, 15) is 4.79 Å². The second-order valence-corrected chi connectivity index (χ2v) is 8.02. The summed E-state index contributed by atoms with van der Waals surface area (Å²) in [7, 11) is 1.57. The van der Waals surface area contributed by atoms with Crippen LogP contribution in [-0.4, -0.2) is 24.6 Å². The summed E-state index contributed by atoms with van der Waals surface area (Å²) in [5.41, 5.74) is 5.65. The van der Waals surface area contributed by atoms with Crippen molar-refractivity contribution >= 4 is 22.7 Å². The van der Waals surface area contributed by atoms with Crippen LogP contribution < -0.4 is 14.8 Å². The molecule has 0 unspecified atom stereocenters. The number of unbranched alkanes of at least 4 members (excludes halogenated alkanes) is 1. The molecule has 0 atom stereocenters. The molecule has 1 heterocycles. The predicted octanol–water partition coefficient (Wildman–Crippen LogP) is 6.55. The average molecular weight is 445 g/mol. The second kappa shape index (κ2) is 9.77. The van der Waals surface area contributed by atoms with Crippen molar-refractivity contribution in [1.82, 2.24) is 4.98 Å². The van der Waals surface area contributed by atoms with E-state index in [4.69, 9.17) is 13.9 Å². The van der Waals surface area contributed by atoms with Crippen molar-refractivity contribution in [2.75, 3.05) is 19.0 Å². The summed E-state index contributed by atoms with van der Waals surface area (Å²) in [6.07, 6.45) is 2.07. The first kappa shape index (κ1) is 22.4. The van der Waals surface area contributed by atoms with Crippen LogP contribution in [0.15, 0.2) is 59.0 Å². The number of oxazole rings is 1. The molecule has 0 radical (unpaired) electrons. The van der Waals surface area contributed by atoms with E-state index in [0.29, 0.717) is 29.5 Å². The maximum Gasteiger partial charge on any atom is 0.255 e. The number of nitrogens with zero attached hydrogens (tertiary/aromatic N) is 1. The highest BCUT2D eigenvalue weighted by atomic mass is 16.5. The Balaban J connectivity index is 1.56. The van der Waals surface area contributed by atoms with Crippen molar-refractivity contribution in [1.29, 1.82) is 0 Å². The summed E-state index contributed by atoms with van der Waals surface area (Å²) in [6, 6.07) is 16.6. The van der Waals surface area contributed by atoms with Crippen LogP contribution in [0.25, 0.3) is 22.6 Å². The van der Waals surface area contributed by atoms with Crippen molar-refractivity contribution in [3.63, 3.8) is 0 Å². The van der Waals surface area contributed by atoms with E-state index in [-0.39, 0.29) is 5.91 Å². The number of anilines is 1. The molecule has 0 fully saturated rings. The summed E-state index contributed by atoms with van der Waals surface area (Å²) in [4.78, 5) is 17.5. The molecule has 1 N–H and O–H groups in total. The molecule has 6 nitrogen and oxygen atoms in total. The number of rotatable bonds is 8. The molecule has 0 saturated carbocycles. The van der Waals surface area contributed by atoms with E-state index in [1.807, 2.05) is 38.1 Å². The highest BCUT2D eigenvalue weighted by Crippen LogP contribution is 2.33. The third kappa shape index (κ3) is 5.00. The van der Waals surface area contributed by atoms with Crippen molar-refractivity contribution in [2.45, 2.75) is 33.6 Å². The zero-order valence-corrected chi connectivity index (χ0v) is 19.4. The average Bonchev–Trinajstić information content (AvgIpc) is 3.22. The van der Waals surface area contributed by atoms with E-state index < -0.39 is 0 Å². The van der Waals surface area contributed by atoms with Gasteiger partial charge in [-0.25, -0.2) is 4.98 Å². The zero-order chi connectivity index (χ0) is 23.4. The lowest BCUT2D eigenvalue weighted by molar-refractivity contribution is 0.102. The molecule has 170 valence electrons. The minimum Gasteiger partial charge on any atom is -0.495 e. The summed E-state index contributed by atoms with van der Waals surface area (Å²) in [5, 5.41) is 2.94. The molecule has 4 rings (SSSR count). The number of ether oxygens (including phenoxy) is 2. The largest absolute Gasteiger partial charge is 0.495 e. The third-order valence-corrected chi connectivity index (χ3v) is 5.58. The maximum absolute atomic E-state index is 12.9. The number of benzene rings is 3. The number of methoxy groups -OCH3 is 1. The Morgan fingerprint density at radius 3 is 2.52 bits per heavy atom. The molecular weight excluding hydrogens is 416 g/mol. The fraction of sp³-hybridized carbons (Fsp3) is 0.259. The number of hydrogen-bond donors (Lipinski definition) is 1. The van der Waals surface area contributed by atoms with Crippen molar-refractivity contribution < 1.29 is 18.7 Å². The van der Waals surface area contributed by atoms with Crippen molar-refractivity contribution in [3.8, 4) is 23.0 Å². The lowest BCUT2D eigenvalue weighted by atomic mass is 10.1. The highest BCUT2D eigenvalue weighted by molar-refractivity contribution is 6.05. The quantitative estimate of drug-likeness (QED) is 0.312. The first-order valence-corrected chi connectivity index (χ1v) is 11.1. The molecule has 0 aliphatic carbocycles. The van der Waals surface area contributed by atoms with Gasteiger partial charge in [-0.1, -0.05) is 13.3 Å². The summed E-state index contributed by atoms with van der Waals surface area (Å²) >= 11 is 0. The van der Waals surface area contributed by atoms with Crippen LogP contribution in [0.2, 0.25) is 0 Å². The standard InChI is InChI=1S/C27H28N2O4/c1-5-6-13-32-21-10-7-19(8-11-21)26(30)28-23-16-20(9-12-24(23)31-4)27-29-22-14-17(2)18(3)15-25(22)33-27/h7-12,14-16H,5-6,13H2,1-4H3,(H,28,30). The minimum atomic E-state index is -0.241. The SMILES string of the molecule is CCCCOc1ccc(C(=O)Nc2cc(-c3nc4cc(C)c(C)cc4o3)ccc2OC)cc1. The molecule has 0 aliphatic rings. The van der Waals surface area contributed by atoms with Gasteiger partial charge in [0.15, 0.2) is 5.58 Å². The molecule has 6 heteroatoms. The Morgan fingerprint density at radius 2 is 1.79 bits per heavy atom. The Labute approximate surface area is 193 Å². The summed E-state index contributed by atoms with van der Waals surface area (Å²) in [6.45, 7) is 6.88. The topological polar surface area (TPSA) is 73.6 Å². The van der Waals surface area contributed by atoms with Gasteiger partial charge < -0.3 is 19.2 Å². The zero-order valence-electron chi connectivity index (χ0n) is 19.4. The lowest BCUT2D eigenvalue weighted by Crippen LogP contribution is -2.12. The van der Waals surface area contributed by atoms with Crippen molar-refractivity contribution in [2.24, 2.45) is 0 Å². The van der Waals surface area contributed by atoms with Crippen LogP contribution in [0.1, 0.15) is 41.3 Å². The minimum absolute atomic E-state index is 0.241. The monoisotopic (exact) mass is 444 g/mol. The molecule has 0 saturated heterocycles. The number of carbonyl (C=O) groups is 1. The molecule has 33 heavy (non-hydrogen) atoms. The van der Waals surface area contributed by atoms with Gasteiger partial charge in [0.25, 0.3) is 5.91 Å². The smallest absolute Gasteiger partial charge is 0.255 e. The second-order valence-electron chi connectivity index (χ2n) is 8.02. The van der Waals surface area contributed by atoms with E-state index >= 15 is 0 Å². The van der Waals surface area contributed by atoms with E-state index in [1.54, 1.807) is 37.4 Å². The molecule has 4 aromatic rings. The van der Waals surface area contributed by atoms with E-state index in [2.05, 4.69) is 17.2 Å². The van der Waals surface area contributed by atoms with Gasteiger partial charge in [0.2, 0.25) is 5.89 Å². The van der Waals surface area contributed by atoms with Crippen LogP contribution in [0.3, 0.4) is 0 Å². The molecule has 1 aromatic heterocycles. The fourth-order valence-electron chi connectivity index (χ4n) is 3.47. The van der Waals surface area contributed by atoms with Crippen LogP contribution in [0.5, 0.6) is 11.5 Å². The van der Waals surface area contributed by atoms with Crippen LogP contribution in [0, 0.1) is 13.8 Å². The Kier molecular flexibility index (Phi) is 6.63. The van der Waals surface area contributed by atoms with Gasteiger partial charge >= 0.3 is 0 Å². The number of carbonyl (C=O) groups excluding carboxylic acids is 1. The molecule has 0 spiro atoms. The fourth-order valence-corrected chi connectivity index (χ4v) is 3.47. The molecule has 3 aromatic carbocycles.